The minimum Gasteiger partial charge on any atom is -0.339 e. The lowest BCUT2D eigenvalue weighted by Crippen LogP contribution is -2.52. The molecule has 0 aliphatic carbocycles. The van der Waals surface area contributed by atoms with Crippen LogP contribution in [0.4, 0.5) is 17.6 Å². The van der Waals surface area contributed by atoms with Crippen LogP contribution in [0.2, 0.25) is 0 Å². The number of nitrogens with zero attached hydrogens (tertiary/aromatic N) is 3. The fourth-order valence-electron chi connectivity index (χ4n) is 3.57. The van der Waals surface area contributed by atoms with E-state index >= 15 is 0 Å². The maximum Gasteiger partial charge on any atom is 0.416 e. The summed E-state index contributed by atoms with van der Waals surface area (Å²) in [5, 5.41) is 0. The van der Waals surface area contributed by atoms with Gasteiger partial charge in [0.1, 0.15) is 5.82 Å². The molecule has 6 nitrogen and oxygen atoms in total. The molecule has 0 atom stereocenters. The highest BCUT2D eigenvalue weighted by atomic mass is 32.2. The molecule has 1 aliphatic rings. The predicted octanol–water partition coefficient (Wildman–Crippen LogP) is 2.81. The maximum absolute atomic E-state index is 13.4. The first-order chi connectivity index (χ1) is 15.0. The van der Waals surface area contributed by atoms with Crippen molar-refractivity contribution in [2.75, 3.05) is 39.8 Å². The van der Waals surface area contributed by atoms with Crippen molar-refractivity contribution in [1.82, 2.24) is 14.1 Å². The maximum atomic E-state index is 13.4. The Kier molecular flexibility index (Phi) is 7.21. The van der Waals surface area contributed by atoms with Gasteiger partial charge in [-0.25, -0.2) is 12.8 Å². The number of likely N-dealkylation sites (N-methyl/N-ethyl adjacent to an activating group) is 1. The zero-order chi connectivity index (χ0) is 23.5. The molecular formula is C21H23F4N3O3S. The molecule has 1 aliphatic heterocycles. The van der Waals surface area contributed by atoms with E-state index in [-0.39, 0.29) is 55.6 Å². The van der Waals surface area contributed by atoms with Crippen molar-refractivity contribution in [2.45, 2.75) is 17.6 Å². The summed E-state index contributed by atoms with van der Waals surface area (Å²) >= 11 is 0. The van der Waals surface area contributed by atoms with Crippen molar-refractivity contribution >= 4 is 15.9 Å². The van der Waals surface area contributed by atoms with Gasteiger partial charge < -0.3 is 4.90 Å². The van der Waals surface area contributed by atoms with E-state index in [1.165, 1.54) is 44.4 Å². The highest BCUT2D eigenvalue weighted by Gasteiger charge is 2.34. The zero-order valence-corrected chi connectivity index (χ0v) is 18.2. The number of benzene rings is 2. The number of hydrogen-bond donors (Lipinski definition) is 0. The van der Waals surface area contributed by atoms with Crippen LogP contribution in [0.15, 0.2) is 53.4 Å². The van der Waals surface area contributed by atoms with Crippen LogP contribution in [-0.2, 0) is 27.5 Å². The highest BCUT2D eigenvalue weighted by Crippen LogP contribution is 2.32. The average molecular weight is 473 g/mol. The van der Waals surface area contributed by atoms with Gasteiger partial charge in [-0.05, 0) is 36.9 Å². The van der Waals surface area contributed by atoms with E-state index in [0.29, 0.717) is 0 Å². The lowest BCUT2D eigenvalue weighted by molar-refractivity contribution is -0.138. The molecule has 2 aromatic carbocycles. The first kappa shape index (κ1) is 24.1. The smallest absolute Gasteiger partial charge is 0.339 e. The van der Waals surface area contributed by atoms with E-state index in [1.807, 2.05) is 0 Å². The van der Waals surface area contributed by atoms with Crippen LogP contribution in [0.25, 0.3) is 0 Å². The average Bonchev–Trinajstić information content (AvgIpc) is 2.73. The summed E-state index contributed by atoms with van der Waals surface area (Å²) in [5.74, 6) is -0.963. The van der Waals surface area contributed by atoms with E-state index in [2.05, 4.69) is 0 Å². The largest absolute Gasteiger partial charge is 0.416 e. The number of piperazine rings is 1. The molecule has 1 saturated heterocycles. The number of hydrogen-bond acceptors (Lipinski definition) is 4. The van der Waals surface area contributed by atoms with Gasteiger partial charge in [-0.2, -0.15) is 17.5 Å². The van der Waals surface area contributed by atoms with Crippen molar-refractivity contribution < 1.29 is 30.8 Å². The highest BCUT2D eigenvalue weighted by molar-refractivity contribution is 7.89. The molecule has 32 heavy (non-hydrogen) atoms. The van der Waals surface area contributed by atoms with E-state index in [4.69, 9.17) is 0 Å². The Morgan fingerprint density at radius 1 is 1.03 bits per heavy atom. The minimum atomic E-state index is -4.48. The molecular weight excluding hydrogens is 450 g/mol. The van der Waals surface area contributed by atoms with Crippen molar-refractivity contribution in [1.29, 1.82) is 0 Å². The Morgan fingerprint density at radius 2 is 1.69 bits per heavy atom. The summed E-state index contributed by atoms with van der Waals surface area (Å²) in [6.45, 7) is 0.204. The molecule has 2 aromatic rings. The van der Waals surface area contributed by atoms with Gasteiger partial charge in [0.2, 0.25) is 15.9 Å². The van der Waals surface area contributed by atoms with Crippen LogP contribution < -0.4 is 0 Å². The van der Waals surface area contributed by atoms with Gasteiger partial charge in [-0.1, -0.05) is 24.3 Å². The fourth-order valence-corrected chi connectivity index (χ4v) is 5.02. The Balaban J connectivity index is 1.57. The number of amides is 1. The number of rotatable bonds is 6. The summed E-state index contributed by atoms with van der Waals surface area (Å²) in [4.78, 5) is 15.4. The Hall–Kier alpha value is -2.50. The fraction of sp³-hybridized carbons (Fsp3) is 0.381. The Labute approximate surface area is 184 Å². The summed E-state index contributed by atoms with van der Waals surface area (Å²) in [6.07, 6.45) is -4.48. The van der Waals surface area contributed by atoms with Gasteiger partial charge in [-0.3, -0.25) is 9.69 Å². The van der Waals surface area contributed by atoms with Crippen LogP contribution in [0, 0.1) is 5.82 Å². The van der Waals surface area contributed by atoms with Gasteiger partial charge in [0.25, 0.3) is 0 Å². The van der Waals surface area contributed by atoms with E-state index in [0.717, 1.165) is 18.2 Å². The lowest BCUT2D eigenvalue weighted by Gasteiger charge is -2.34. The van der Waals surface area contributed by atoms with Gasteiger partial charge >= 0.3 is 6.18 Å². The van der Waals surface area contributed by atoms with Gasteiger partial charge in [-0.15, -0.1) is 0 Å². The standard InChI is InChI=1S/C21H23F4N3O3S/c1-26(14-16-5-2-3-8-19(16)21(23,24)25)15-20(29)27-9-11-28(12-10-27)32(30,31)18-7-4-6-17(22)13-18/h2-8,13H,9-12,14-15H2,1H3. The molecule has 0 bridgehead atoms. The summed E-state index contributed by atoms with van der Waals surface area (Å²) in [5.41, 5.74) is -0.670. The molecule has 0 unspecified atom stereocenters. The quantitative estimate of drug-likeness (QED) is 0.606. The summed E-state index contributed by atoms with van der Waals surface area (Å²) in [6, 6.07) is 9.93. The van der Waals surface area contributed by atoms with E-state index in [1.54, 1.807) is 7.05 Å². The second-order valence-electron chi connectivity index (χ2n) is 7.57. The van der Waals surface area contributed by atoms with Crippen LogP contribution in [0.5, 0.6) is 0 Å². The van der Waals surface area contributed by atoms with Gasteiger partial charge in [0, 0.05) is 32.7 Å². The molecule has 0 aromatic heterocycles. The van der Waals surface area contributed by atoms with E-state index < -0.39 is 27.6 Å². The molecule has 1 fully saturated rings. The number of sulfonamides is 1. The molecule has 1 amide bonds. The van der Waals surface area contributed by atoms with Crippen molar-refractivity contribution in [2.24, 2.45) is 0 Å². The number of carbonyl (C=O) groups is 1. The van der Waals surface area contributed by atoms with Crippen molar-refractivity contribution in [3.05, 3.63) is 65.5 Å². The normalized spacial score (nSPS) is 15.9. The third kappa shape index (κ3) is 5.64. The molecule has 174 valence electrons. The van der Waals surface area contributed by atoms with Crippen LogP contribution in [0.1, 0.15) is 11.1 Å². The molecule has 1 heterocycles. The van der Waals surface area contributed by atoms with Gasteiger partial charge in [0.05, 0.1) is 17.0 Å². The van der Waals surface area contributed by atoms with Crippen LogP contribution in [-0.4, -0.2) is 68.2 Å². The number of carbonyl (C=O) groups excluding carboxylic acids is 1. The second-order valence-corrected chi connectivity index (χ2v) is 9.51. The number of alkyl halides is 3. The Bertz CT molecular complexity index is 1070. The van der Waals surface area contributed by atoms with Crippen molar-refractivity contribution in [3.63, 3.8) is 0 Å². The lowest BCUT2D eigenvalue weighted by atomic mass is 10.1. The minimum absolute atomic E-state index is 0.0468. The third-order valence-corrected chi connectivity index (χ3v) is 7.09. The SMILES string of the molecule is CN(CC(=O)N1CCN(S(=O)(=O)c2cccc(F)c2)CC1)Cc1ccccc1C(F)(F)F. The molecule has 0 N–H and O–H groups in total. The van der Waals surface area contributed by atoms with E-state index in [9.17, 15) is 30.8 Å². The molecule has 11 heteroatoms. The molecule has 0 radical (unpaired) electrons. The number of halogens is 4. The third-order valence-electron chi connectivity index (χ3n) is 5.19. The molecule has 0 saturated carbocycles. The molecule has 3 rings (SSSR count). The van der Waals surface area contributed by atoms with Gasteiger partial charge in [0.15, 0.2) is 0 Å². The summed E-state index contributed by atoms with van der Waals surface area (Å²) < 4.78 is 79.4. The Morgan fingerprint density at radius 3 is 2.31 bits per heavy atom. The van der Waals surface area contributed by atoms with Crippen molar-refractivity contribution in [3.8, 4) is 0 Å². The molecule has 0 spiro atoms. The first-order valence-corrected chi connectivity index (χ1v) is 11.3. The second kappa shape index (κ2) is 9.55. The monoisotopic (exact) mass is 473 g/mol. The predicted molar refractivity (Wildman–Crippen MR) is 110 cm³/mol. The topological polar surface area (TPSA) is 60.9 Å². The first-order valence-electron chi connectivity index (χ1n) is 9.85. The van der Waals surface area contributed by atoms with Crippen LogP contribution >= 0.6 is 0 Å². The summed E-state index contributed by atoms with van der Waals surface area (Å²) in [7, 11) is -2.33. The van der Waals surface area contributed by atoms with Crippen LogP contribution in [0.3, 0.4) is 0 Å². The zero-order valence-electron chi connectivity index (χ0n) is 17.3.